The van der Waals surface area contributed by atoms with E-state index in [1.165, 1.54) is 0 Å². The minimum Gasteiger partial charge on any atom is -0.340 e. The third-order valence-electron chi connectivity index (χ3n) is 2.95. The van der Waals surface area contributed by atoms with E-state index in [0.717, 1.165) is 32.6 Å². The van der Waals surface area contributed by atoms with E-state index in [1.54, 1.807) is 0 Å². The van der Waals surface area contributed by atoms with Gasteiger partial charge in [0.15, 0.2) is 0 Å². The van der Waals surface area contributed by atoms with Crippen molar-refractivity contribution in [3.63, 3.8) is 0 Å². The molecule has 1 aliphatic heterocycles. The Morgan fingerprint density at radius 3 is 2.38 bits per heavy atom. The molecule has 0 aliphatic carbocycles. The zero-order valence-electron chi connectivity index (χ0n) is 11.2. The second-order valence-corrected chi connectivity index (χ2v) is 6.20. The van der Waals surface area contributed by atoms with Crippen molar-refractivity contribution < 1.29 is 4.79 Å². The summed E-state index contributed by atoms with van der Waals surface area (Å²) >= 11 is 0. The Morgan fingerprint density at radius 2 is 1.88 bits per heavy atom. The lowest BCUT2D eigenvalue weighted by atomic mass is 9.84. The largest absolute Gasteiger partial charge is 0.340 e. The molecule has 0 aromatic heterocycles. The van der Waals surface area contributed by atoms with E-state index in [9.17, 15) is 4.79 Å². The average molecular weight is 226 g/mol. The summed E-state index contributed by atoms with van der Waals surface area (Å²) < 4.78 is 0. The van der Waals surface area contributed by atoms with E-state index in [2.05, 4.69) is 33.0 Å². The number of hydrogen-bond donors (Lipinski definition) is 1. The molecule has 16 heavy (non-hydrogen) atoms. The summed E-state index contributed by atoms with van der Waals surface area (Å²) in [4.78, 5) is 14.0. The number of carbonyl (C=O) groups excluding carboxylic acids is 1. The van der Waals surface area contributed by atoms with Gasteiger partial charge in [0.25, 0.3) is 0 Å². The van der Waals surface area contributed by atoms with Crippen molar-refractivity contribution in [3.05, 3.63) is 0 Å². The van der Waals surface area contributed by atoms with E-state index in [4.69, 9.17) is 0 Å². The van der Waals surface area contributed by atoms with E-state index in [0.29, 0.717) is 23.7 Å². The van der Waals surface area contributed by atoms with Crippen LogP contribution < -0.4 is 5.32 Å². The number of carbonyl (C=O) groups is 1. The van der Waals surface area contributed by atoms with Crippen LogP contribution in [0.25, 0.3) is 0 Å². The SMILES string of the molecule is C[C@@H](CC(=O)N1CCNCC1)CC(C)(C)C. The van der Waals surface area contributed by atoms with Gasteiger partial charge in [-0.05, 0) is 17.8 Å². The maximum absolute atomic E-state index is 12.0. The monoisotopic (exact) mass is 226 g/mol. The van der Waals surface area contributed by atoms with Crippen LogP contribution in [0.5, 0.6) is 0 Å². The van der Waals surface area contributed by atoms with Gasteiger partial charge in [0, 0.05) is 32.6 Å². The Hall–Kier alpha value is -0.570. The van der Waals surface area contributed by atoms with Crippen molar-refractivity contribution in [2.75, 3.05) is 26.2 Å². The fourth-order valence-electron chi connectivity index (χ4n) is 2.46. The van der Waals surface area contributed by atoms with Gasteiger partial charge in [-0.2, -0.15) is 0 Å². The molecule has 1 atom stereocenters. The van der Waals surface area contributed by atoms with Gasteiger partial charge >= 0.3 is 0 Å². The Morgan fingerprint density at radius 1 is 1.31 bits per heavy atom. The van der Waals surface area contributed by atoms with Gasteiger partial charge in [0.05, 0.1) is 0 Å². The van der Waals surface area contributed by atoms with Crippen LogP contribution >= 0.6 is 0 Å². The standard InChI is InChI=1S/C13H26N2O/c1-11(10-13(2,3)4)9-12(16)15-7-5-14-6-8-15/h11,14H,5-10H2,1-4H3/t11-/m0/s1. The zero-order valence-corrected chi connectivity index (χ0v) is 11.2. The number of nitrogens with one attached hydrogen (secondary N) is 1. The molecule has 1 amide bonds. The third-order valence-corrected chi connectivity index (χ3v) is 2.95. The molecule has 1 rings (SSSR count). The Kier molecular flexibility index (Phi) is 4.78. The summed E-state index contributed by atoms with van der Waals surface area (Å²) in [5.74, 6) is 0.820. The van der Waals surface area contributed by atoms with E-state index >= 15 is 0 Å². The minimum absolute atomic E-state index is 0.323. The second kappa shape index (κ2) is 5.67. The lowest BCUT2D eigenvalue weighted by molar-refractivity contribution is -0.132. The van der Waals surface area contributed by atoms with Gasteiger partial charge < -0.3 is 10.2 Å². The first kappa shape index (κ1) is 13.5. The molecule has 1 aliphatic rings. The number of amides is 1. The van der Waals surface area contributed by atoms with Crippen LogP contribution in [0.3, 0.4) is 0 Å². The molecule has 0 bridgehead atoms. The zero-order chi connectivity index (χ0) is 12.2. The van der Waals surface area contributed by atoms with Gasteiger partial charge in [-0.15, -0.1) is 0 Å². The molecule has 1 saturated heterocycles. The molecule has 0 unspecified atom stereocenters. The smallest absolute Gasteiger partial charge is 0.222 e. The molecular weight excluding hydrogens is 200 g/mol. The maximum Gasteiger partial charge on any atom is 0.222 e. The topological polar surface area (TPSA) is 32.3 Å². The van der Waals surface area contributed by atoms with Crippen molar-refractivity contribution in [2.45, 2.75) is 40.5 Å². The highest BCUT2D eigenvalue weighted by molar-refractivity contribution is 5.76. The highest BCUT2D eigenvalue weighted by Gasteiger charge is 2.21. The number of piperazine rings is 1. The second-order valence-electron chi connectivity index (χ2n) is 6.20. The first-order valence-corrected chi connectivity index (χ1v) is 6.37. The maximum atomic E-state index is 12.0. The van der Waals surface area contributed by atoms with Gasteiger partial charge in [-0.25, -0.2) is 0 Å². The molecule has 0 aromatic rings. The summed E-state index contributed by atoms with van der Waals surface area (Å²) in [7, 11) is 0. The van der Waals surface area contributed by atoms with Crippen molar-refractivity contribution in [2.24, 2.45) is 11.3 Å². The molecule has 0 spiro atoms. The summed E-state index contributed by atoms with van der Waals surface area (Å²) in [6, 6.07) is 0. The Balaban J connectivity index is 2.32. The molecular formula is C13H26N2O. The van der Waals surface area contributed by atoms with Gasteiger partial charge in [-0.1, -0.05) is 27.7 Å². The van der Waals surface area contributed by atoms with Crippen molar-refractivity contribution >= 4 is 5.91 Å². The van der Waals surface area contributed by atoms with Crippen LogP contribution in [0.1, 0.15) is 40.5 Å². The lowest BCUT2D eigenvalue weighted by Gasteiger charge is -2.29. The summed E-state index contributed by atoms with van der Waals surface area (Å²) in [5, 5.41) is 3.27. The first-order valence-electron chi connectivity index (χ1n) is 6.37. The van der Waals surface area contributed by atoms with Crippen LogP contribution in [0.4, 0.5) is 0 Å². The van der Waals surface area contributed by atoms with Crippen LogP contribution in [-0.2, 0) is 4.79 Å². The highest BCUT2D eigenvalue weighted by atomic mass is 16.2. The lowest BCUT2D eigenvalue weighted by Crippen LogP contribution is -2.46. The van der Waals surface area contributed by atoms with Crippen LogP contribution in [0.15, 0.2) is 0 Å². The average Bonchev–Trinajstić information content (AvgIpc) is 2.16. The predicted molar refractivity (Wildman–Crippen MR) is 67.3 cm³/mol. The number of hydrogen-bond acceptors (Lipinski definition) is 2. The van der Waals surface area contributed by atoms with Crippen molar-refractivity contribution in [1.82, 2.24) is 10.2 Å². The fourth-order valence-corrected chi connectivity index (χ4v) is 2.46. The highest BCUT2D eigenvalue weighted by Crippen LogP contribution is 2.26. The molecule has 0 aromatic carbocycles. The first-order chi connectivity index (χ1) is 7.38. The molecule has 1 fully saturated rings. The molecule has 3 nitrogen and oxygen atoms in total. The van der Waals surface area contributed by atoms with Gasteiger partial charge in [0.1, 0.15) is 0 Å². The van der Waals surface area contributed by atoms with Crippen LogP contribution in [-0.4, -0.2) is 37.0 Å². The van der Waals surface area contributed by atoms with Crippen molar-refractivity contribution in [3.8, 4) is 0 Å². The normalized spacial score (nSPS) is 19.6. The molecule has 0 saturated carbocycles. The molecule has 94 valence electrons. The van der Waals surface area contributed by atoms with Crippen LogP contribution in [0.2, 0.25) is 0 Å². The quantitative estimate of drug-likeness (QED) is 0.797. The third kappa shape index (κ3) is 4.97. The predicted octanol–water partition coefficient (Wildman–Crippen LogP) is 1.88. The van der Waals surface area contributed by atoms with Crippen LogP contribution in [0, 0.1) is 11.3 Å². The summed E-state index contributed by atoms with van der Waals surface area (Å²) in [6.45, 7) is 12.5. The molecule has 3 heteroatoms. The van der Waals surface area contributed by atoms with E-state index < -0.39 is 0 Å². The Bertz CT molecular complexity index is 227. The number of rotatable bonds is 3. The van der Waals surface area contributed by atoms with Gasteiger partial charge in [0.2, 0.25) is 5.91 Å². The van der Waals surface area contributed by atoms with Gasteiger partial charge in [-0.3, -0.25) is 4.79 Å². The Labute approximate surface area is 99.6 Å². The number of nitrogens with zero attached hydrogens (tertiary/aromatic N) is 1. The van der Waals surface area contributed by atoms with E-state index in [-0.39, 0.29) is 0 Å². The molecule has 1 N–H and O–H groups in total. The summed E-state index contributed by atoms with van der Waals surface area (Å²) in [5.41, 5.74) is 0.323. The minimum atomic E-state index is 0.323. The molecule has 0 radical (unpaired) electrons. The van der Waals surface area contributed by atoms with Crippen molar-refractivity contribution in [1.29, 1.82) is 0 Å². The fraction of sp³-hybridized carbons (Fsp3) is 0.923. The van der Waals surface area contributed by atoms with E-state index in [1.807, 2.05) is 4.90 Å². The summed E-state index contributed by atoms with van der Waals surface area (Å²) in [6.07, 6.45) is 1.82. The molecule has 1 heterocycles.